The largest absolute Gasteiger partial charge is 0.337 e. The van der Waals surface area contributed by atoms with Gasteiger partial charge < -0.3 is 9.80 Å². The minimum Gasteiger partial charge on any atom is -0.337 e. The smallest absolute Gasteiger partial charge is 0.270 e. The molecule has 0 aromatic heterocycles. The van der Waals surface area contributed by atoms with Crippen molar-refractivity contribution in [2.75, 3.05) is 19.6 Å². The highest BCUT2D eigenvalue weighted by molar-refractivity contribution is 6.39. The first kappa shape index (κ1) is 15.6. The lowest BCUT2D eigenvalue weighted by atomic mass is 9.83. The lowest BCUT2D eigenvalue weighted by Crippen LogP contribution is -2.50. The molecule has 4 fully saturated rings. The number of carbonyl (C=O) groups is 3. The monoisotopic (exact) mass is 332 g/mol. The molecule has 130 valence electrons. The average Bonchev–Trinajstić information content (AvgIpc) is 2.83. The van der Waals surface area contributed by atoms with Gasteiger partial charge in [0.25, 0.3) is 5.91 Å². The molecule has 1 N–H and O–H groups in total. The molecule has 2 bridgehead atoms. The van der Waals surface area contributed by atoms with Gasteiger partial charge in [0.1, 0.15) is 5.71 Å². The Morgan fingerprint density at radius 2 is 1.96 bits per heavy atom. The van der Waals surface area contributed by atoms with E-state index in [1.165, 1.54) is 19.3 Å². The van der Waals surface area contributed by atoms with Crippen LogP contribution in [0, 0.1) is 11.8 Å². The number of hydrogen-bond acceptors (Lipinski definition) is 4. The summed E-state index contributed by atoms with van der Waals surface area (Å²) in [5, 5.41) is 3.92. The van der Waals surface area contributed by atoms with Crippen molar-refractivity contribution in [1.82, 2.24) is 15.2 Å². The Morgan fingerprint density at radius 3 is 2.62 bits per heavy atom. The van der Waals surface area contributed by atoms with Gasteiger partial charge in [0.05, 0.1) is 5.92 Å². The van der Waals surface area contributed by atoms with Crippen molar-refractivity contribution in [3.63, 3.8) is 0 Å². The Labute approximate surface area is 141 Å². The van der Waals surface area contributed by atoms with E-state index >= 15 is 0 Å². The molecule has 3 amide bonds. The van der Waals surface area contributed by atoms with Gasteiger partial charge in [0.2, 0.25) is 11.8 Å². The number of fused-ring (bicyclic) bond motifs is 4. The van der Waals surface area contributed by atoms with Gasteiger partial charge in [-0.15, -0.1) is 0 Å². The summed E-state index contributed by atoms with van der Waals surface area (Å²) in [6.45, 7) is 1.95. The minimum atomic E-state index is -0.149. The molecule has 0 aromatic carbocycles. The van der Waals surface area contributed by atoms with Gasteiger partial charge in [-0.3, -0.25) is 14.4 Å². The summed E-state index contributed by atoms with van der Waals surface area (Å²) in [6.07, 6.45) is 6.26. The molecule has 2 atom stereocenters. The van der Waals surface area contributed by atoms with E-state index in [0.29, 0.717) is 37.6 Å². The number of nitrogens with zero attached hydrogens (tertiary/aromatic N) is 3. The van der Waals surface area contributed by atoms with Crippen molar-refractivity contribution in [1.29, 1.82) is 0 Å². The zero-order valence-electron chi connectivity index (χ0n) is 13.9. The fourth-order valence-corrected chi connectivity index (χ4v) is 4.21. The van der Waals surface area contributed by atoms with Crippen molar-refractivity contribution in [2.24, 2.45) is 16.9 Å². The number of nitrogens with one attached hydrogen (secondary N) is 1. The fourth-order valence-electron chi connectivity index (χ4n) is 4.21. The topological polar surface area (TPSA) is 82.1 Å². The third kappa shape index (κ3) is 2.80. The standard InChI is InChI=1S/C17H24N4O3/c22-15-7-6-14(18-19-15)17(24)20-9-12-4-5-13(10-20)21(16(12)23)8-11-2-1-3-11/h11-13H,1-10H2,(H,19,22). The molecular formula is C17H24N4O3. The van der Waals surface area contributed by atoms with Gasteiger partial charge in [-0.25, -0.2) is 5.43 Å². The number of hydrogen-bond donors (Lipinski definition) is 1. The molecule has 0 spiro atoms. The van der Waals surface area contributed by atoms with Crippen molar-refractivity contribution in [3.8, 4) is 0 Å². The zero-order chi connectivity index (χ0) is 16.7. The molecule has 7 nitrogen and oxygen atoms in total. The fraction of sp³-hybridized carbons (Fsp3) is 0.765. The molecule has 4 heterocycles. The maximum Gasteiger partial charge on any atom is 0.270 e. The van der Waals surface area contributed by atoms with E-state index in [2.05, 4.69) is 15.4 Å². The van der Waals surface area contributed by atoms with E-state index in [9.17, 15) is 14.4 Å². The molecule has 5 rings (SSSR count). The van der Waals surface area contributed by atoms with Crippen molar-refractivity contribution < 1.29 is 14.4 Å². The summed E-state index contributed by atoms with van der Waals surface area (Å²) >= 11 is 0. The molecule has 0 radical (unpaired) electrons. The molecule has 4 aliphatic heterocycles. The highest BCUT2D eigenvalue weighted by Crippen LogP contribution is 2.34. The first-order valence-electron chi connectivity index (χ1n) is 9.07. The van der Waals surface area contributed by atoms with E-state index < -0.39 is 0 Å². The predicted octanol–water partition coefficient (Wildman–Crippen LogP) is 0.502. The number of hydrazone groups is 1. The Bertz CT molecular complexity index is 599. The summed E-state index contributed by atoms with van der Waals surface area (Å²) in [4.78, 5) is 40.6. The van der Waals surface area contributed by atoms with E-state index in [-0.39, 0.29) is 29.7 Å². The van der Waals surface area contributed by atoms with Crippen LogP contribution in [0.3, 0.4) is 0 Å². The van der Waals surface area contributed by atoms with Gasteiger partial charge in [0, 0.05) is 38.5 Å². The normalized spacial score (nSPS) is 30.6. The number of rotatable bonds is 3. The van der Waals surface area contributed by atoms with Crippen LogP contribution in [-0.2, 0) is 14.4 Å². The zero-order valence-corrected chi connectivity index (χ0v) is 13.9. The quantitative estimate of drug-likeness (QED) is 0.817. The third-order valence-electron chi connectivity index (χ3n) is 5.91. The first-order chi connectivity index (χ1) is 11.6. The Hall–Kier alpha value is -1.92. The maximum atomic E-state index is 12.8. The number of amides is 3. The van der Waals surface area contributed by atoms with E-state index in [0.717, 1.165) is 19.4 Å². The second kappa shape index (κ2) is 6.18. The van der Waals surface area contributed by atoms with Crippen LogP contribution in [0.1, 0.15) is 44.9 Å². The van der Waals surface area contributed by atoms with Crippen LogP contribution in [0.4, 0.5) is 0 Å². The maximum absolute atomic E-state index is 12.8. The summed E-state index contributed by atoms with van der Waals surface area (Å²) in [5.41, 5.74) is 2.80. The lowest BCUT2D eigenvalue weighted by molar-refractivity contribution is -0.141. The number of piperidine rings is 1. The van der Waals surface area contributed by atoms with Gasteiger partial charge in [-0.2, -0.15) is 5.10 Å². The summed E-state index contributed by atoms with van der Waals surface area (Å²) in [7, 11) is 0. The van der Waals surface area contributed by atoms with Crippen LogP contribution in [0.25, 0.3) is 0 Å². The molecule has 5 aliphatic rings. The molecule has 7 heteroatoms. The number of carbonyl (C=O) groups excluding carboxylic acids is 3. The average molecular weight is 332 g/mol. The molecule has 2 unspecified atom stereocenters. The van der Waals surface area contributed by atoms with Crippen LogP contribution in [-0.4, -0.2) is 58.9 Å². The van der Waals surface area contributed by atoms with Crippen molar-refractivity contribution >= 4 is 23.4 Å². The van der Waals surface area contributed by atoms with Gasteiger partial charge in [-0.1, -0.05) is 6.42 Å². The summed E-state index contributed by atoms with van der Waals surface area (Å²) in [6, 6.07) is 0.139. The molecular weight excluding hydrogens is 308 g/mol. The van der Waals surface area contributed by atoms with E-state index in [1.54, 1.807) is 4.90 Å². The molecule has 1 aliphatic carbocycles. The highest BCUT2D eigenvalue weighted by atomic mass is 16.2. The first-order valence-corrected chi connectivity index (χ1v) is 9.07. The van der Waals surface area contributed by atoms with Gasteiger partial charge in [-0.05, 0) is 31.6 Å². The van der Waals surface area contributed by atoms with Crippen LogP contribution >= 0.6 is 0 Å². The van der Waals surface area contributed by atoms with Gasteiger partial charge in [0.15, 0.2) is 0 Å². The predicted molar refractivity (Wildman–Crippen MR) is 87.0 cm³/mol. The Morgan fingerprint density at radius 1 is 1.12 bits per heavy atom. The summed E-state index contributed by atoms with van der Waals surface area (Å²) < 4.78 is 0. The molecule has 3 saturated heterocycles. The van der Waals surface area contributed by atoms with Crippen LogP contribution in [0.2, 0.25) is 0 Å². The minimum absolute atomic E-state index is 0.0773. The van der Waals surface area contributed by atoms with E-state index in [4.69, 9.17) is 0 Å². The second-order valence-corrected chi connectivity index (χ2v) is 7.52. The van der Waals surface area contributed by atoms with Crippen LogP contribution in [0.15, 0.2) is 5.10 Å². The van der Waals surface area contributed by atoms with Gasteiger partial charge >= 0.3 is 0 Å². The highest BCUT2D eigenvalue weighted by Gasteiger charge is 2.43. The molecule has 24 heavy (non-hydrogen) atoms. The molecule has 0 aromatic rings. The van der Waals surface area contributed by atoms with Crippen LogP contribution in [0.5, 0.6) is 0 Å². The Kier molecular flexibility index (Phi) is 4.02. The van der Waals surface area contributed by atoms with Crippen LogP contribution < -0.4 is 5.43 Å². The van der Waals surface area contributed by atoms with E-state index in [1.807, 2.05) is 0 Å². The second-order valence-electron chi connectivity index (χ2n) is 7.52. The van der Waals surface area contributed by atoms with Crippen molar-refractivity contribution in [3.05, 3.63) is 0 Å². The third-order valence-corrected chi connectivity index (χ3v) is 5.91. The van der Waals surface area contributed by atoms with Crippen molar-refractivity contribution in [2.45, 2.75) is 51.0 Å². The molecule has 1 saturated carbocycles. The Balaban J connectivity index is 1.48. The summed E-state index contributed by atoms with van der Waals surface area (Å²) in [5.74, 6) is 0.531. The SMILES string of the molecule is O=C1CCC(C(=O)N2CC3CCC(C2)N(CC2CCC2)C3=O)=NN1. The lowest BCUT2D eigenvalue weighted by Gasteiger charge is -2.40.